The summed E-state index contributed by atoms with van der Waals surface area (Å²) in [6.07, 6.45) is 3.21. The predicted octanol–water partition coefficient (Wildman–Crippen LogP) is 2.68. The molecule has 2 aromatic heterocycles. The molecule has 4 heteroatoms. The molecule has 3 rings (SSSR count). The fraction of sp³-hybridized carbons (Fsp3) is 0.143. The largest absolute Gasteiger partial charge is 0.464 e. The second-order valence-corrected chi connectivity index (χ2v) is 4.04. The normalized spacial score (nSPS) is 10.9. The van der Waals surface area contributed by atoms with Crippen molar-refractivity contribution in [2.75, 3.05) is 0 Å². The summed E-state index contributed by atoms with van der Waals surface area (Å²) in [6.45, 7) is 2.55. The van der Waals surface area contributed by atoms with E-state index >= 15 is 0 Å². The zero-order chi connectivity index (χ0) is 12.5. The van der Waals surface area contributed by atoms with Crippen LogP contribution in [0.5, 0.6) is 0 Å². The van der Waals surface area contributed by atoms with Gasteiger partial charge in [-0.1, -0.05) is 6.07 Å². The van der Waals surface area contributed by atoms with Crippen LogP contribution >= 0.6 is 0 Å². The molecule has 0 atom stereocenters. The Hall–Kier alpha value is -2.36. The van der Waals surface area contributed by atoms with Crippen molar-refractivity contribution >= 4 is 10.9 Å². The molecule has 3 aromatic rings. The third kappa shape index (κ3) is 1.62. The van der Waals surface area contributed by atoms with Crippen LogP contribution in [0.15, 0.2) is 52.1 Å². The average molecular weight is 240 g/mol. The molecule has 0 aliphatic rings. The Bertz CT molecular complexity index is 742. The average Bonchev–Trinajstić information content (AvgIpc) is 2.93. The summed E-state index contributed by atoms with van der Waals surface area (Å²) < 4.78 is 6.92. The highest BCUT2D eigenvalue weighted by atomic mass is 16.3. The van der Waals surface area contributed by atoms with E-state index in [9.17, 15) is 4.79 Å². The van der Waals surface area contributed by atoms with Gasteiger partial charge >= 0.3 is 0 Å². The molecule has 18 heavy (non-hydrogen) atoms. The summed E-state index contributed by atoms with van der Waals surface area (Å²) in [5, 5.41) is 0.634. The van der Waals surface area contributed by atoms with Gasteiger partial charge in [-0.3, -0.25) is 9.36 Å². The highest BCUT2D eigenvalue weighted by Crippen LogP contribution is 2.22. The van der Waals surface area contributed by atoms with Gasteiger partial charge in [0.1, 0.15) is 5.76 Å². The molecule has 0 saturated heterocycles. The molecular weight excluding hydrogens is 228 g/mol. The summed E-state index contributed by atoms with van der Waals surface area (Å²) >= 11 is 0. The Kier molecular flexibility index (Phi) is 2.48. The number of furan rings is 1. The van der Waals surface area contributed by atoms with Gasteiger partial charge in [0.2, 0.25) is 0 Å². The molecule has 0 spiro atoms. The van der Waals surface area contributed by atoms with E-state index in [1.54, 1.807) is 23.2 Å². The lowest BCUT2D eigenvalue weighted by atomic mass is 10.1. The van der Waals surface area contributed by atoms with Crippen molar-refractivity contribution < 1.29 is 4.42 Å². The summed E-state index contributed by atoms with van der Waals surface area (Å²) in [4.78, 5) is 16.4. The van der Waals surface area contributed by atoms with Crippen molar-refractivity contribution in [3.05, 3.63) is 53.3 Å². The molecule has 4 nitrogen and oxygen atoms in total. The van der Waals surface area contributed by atoms with Gasteiger partial charge in [-0.25, -0.2) is 4.98 Å². The number of aromatic nitrogens is 2. The van der Waals surface area contributed by atoms with Crippen LogP contribution < -0.4 is 5.56 Å². The van der Waals surface area contributed by atoms with Crippen LogP contribution in [-0.4, -0.2) is 9.55 Å². The van der Waals surface area contributed by atoms with Gasteiger partial charge in [0.25, 0.3) is 5.56 Å². The van der Waals surface area contributed by atoms with Gasteiger partial charge < -0.3 is 4.42 Å². The molecule has 2 heterocycles. The molecule has 0 N–H and O–H groups in total. The zero-order valence-corrected chi connectivity index (χ0v) is 9.96. The van der Waals surface area contributed by atoms with Crippen LogP contribution in [0.25, 0.3) is 22.2 Å². The van der Waals surface area contributed by atoms with E-state index in [0.29, 0.717) is 17.4 Å². The fourth-order valence-electron chi connectivity index (χ4n) is 1.98. The maximum Gasteiger partial charge on any atom is 0.261 e. The van der Waals surface area contributed by atoms with Gasteiger partial charge in [0, 0.05) is 12.1 Å². The third-order valence-electron chi connectivity index (χ3n) is 2.97. The first kappa shape index (κ1) is 10.8. The lowest BCUT2D eigenvalue weighted by molar-refractivity contribution is 0.582. The molecule has 0 fully saturated rings. The van der Waals surface area contributed by atoms with Crippen LogP contribution in [0.3, 0.4) is 0 Å². The van der Waals surface area contributed by atoms with Gasteiger partial charge in [-0.05, 0) is 31.2 Å². The monoisotopic (exact) mass is 240 g/mol. The lowest BCUT2D eigenvalue weighted by Crippen LogP contribution is -2.19. The molecule has 0 amide bonds. The summed E-state index contributed by atoms with van der Waals surface area (Å²) in [5.74, 6) is 0.776. The summed E-state index contributed by atoms with van der Waals surface area (Å²) in [5.41, 5.74) is 1.61. The van der Waals surface area contributed by atoms with E-state index in [4.69, 9.17) is 4.42 Å². The number of hydrogen-bond acceptors (Lipinski definition) is 3. The van der Waals surface area contributed by atoms with Crippen molar-refractivity contribution in [1.29, 1.82) is 0 Å². The highest BCUT2D eigenvalue weighted by Gasteiger charge is 2.06. The van der Waals surface area contributed by atoms with Crippen LogP contribution in [0.2, 0.25) is 0 Å². The highest BCUT2D eigenvalue weighted by molar-refractivity contribution is 5.82. The Morgan fingerprint density at radius 2 is 2.22 bits per heavy atom. The third-order valence-corrected chi connectivity index (χ3v) is 2.97. The Morgan fingerprint density at radius 1 is 1.33 bits per heavy atom. The van der Waals surface area contributed by atoms with E-state index < -0.39 is 0 Å². The molecule has 0 saturated carbocycles. The maximum absolute atomic E-state index is 12.1. The number of benzene rings is 1. The second-order valence-electron chi connectivity index (χ2n) is 4.04. The second kappa shape index (κ2) is 4.14. The lowest BCUT2D eigenvalue weighted by Gasteiger charge is -2.04. The van der Waals surface area contributed by atoms with Crippen molar-refractivity contribution in [2.24, 2.45) is 0 Å². The molecule has 0 bridgehead atoms. The Labute approximate surface area is 104 Å². The molecular formula is C14H12N2O2. The Balaban J connectivity index is 2.23. The molecule has 1 aromatic carbocycles. The van der Waals surface area contributed by atoms with Crippen molar-refractivity contribution in [3.63, 3.8) is 0 Å². The first-order valence-electron chi connectivity index (χ1n) is 5.82. The molecule has 0 aliphatic heterocycles. The Morgan fingerprint density at radius 3 is 2.94 bits per heavy atom. The van der Waals surface area contributed by atoms with E-state index in [2.05, 4.69) is 4.98 Å². The van der Waals surface area contributed by atoms with Gasteiger partial charge in [-0.2, -0.15) is 0 Å². The van der Waals surface area contributed by atoms with E-state index in [0.717, 1.165) is 11.3 Å². The molecule has 0 radical (unpaired) electrons. The van der Waals surface area contributed by atoms with Crippen molar-refractivity contribution in [1.82, 2.24) is 9.55 Å². The molecule has 90 valence electrons. The first-order valence-corrected chi connectivity index (χ1v) is 5.82. The van der Waals surface area contributed by atoms with Gasteiger partial charge in [-0.15, -0.1) is 0 Å². The molecule has 0 unspecified atom stereocenters. The van der Waals surface area contributed by atoms with Gasteiger partial charge in [0.05, 0.1) is 23.5 Å². The van der Waals surface area contributed by atoms with E-state index in [1.807, 2.05) is 31.2 Å². The smallest absolute Gasteiger partial charge is 0.261 e. The predicted molar refractivity (Wildman–Crippen MR) is 69.4 cm³/mol. The summed E-state index contributed by atoms with van der Waals surface area (Å²) in [7, 11) is 0. The summed E-state index contributed by atoms with van der Waals surface area (Å²) in [6, 6.07) is 9.27. The SMILES string of the molecule is CCn1cnc2cc(-c3ccco3)ccc2c1=O. The standard InChI is InChI=1S/C14H12N2O2/c1-2-16-9-15-12-8-10(13-4-3-7-18-13)5-6-11(12)14(16)17/h3-9H,2H2,1H3. The van der Waals surface area contributed by atoms with E-state index in [1.165, 1.54) is 0 Å². The van der Waals surface area contributed by atoms with Crippen molar-refractivity contribution in [2.45, 2.75) is 13.5 Å². The number of fused-ring (bicyclic) bond motifs is 1. The minimum Gasteiger partial charge on any atom is -0.464 e. The first-order chi connectivity index (χ1) is 8.79. The number of rotatable bonds is 2. The number of hydrogen-bond donors (Lipinski definition) is 0. The van der Waals surface area contributed by atoms with Crippen molar-refractivity contribution in [3.8, 4) is 11.3 Å². The fourth-order valence-corrected chi connectivity index (χ4v) is 1.98. The minimum absolute atomic E-state index is 0.00602. The van der Waals surface area contributed by atoms with Crippen LogP contribution in [-0.2, 0) is 6.54 Å². The quantitative estimate of drug-likeness (QED) is 0.692. The maximum atomic E-state index is 12.1. The molecule has 0 aliphatic carbocycles. The van der Waals surface area contributed by atoms with E-state index in [-0.39, 0.29) is 5.56 Å². The van der Waals surface area contributed by atoms with Crippen LogP contribution in [0.4, 0.5) is 0 Å². The minimum atomic E-state index is -0.00602. The zero-order valence-electron chi connectivity index (χ0n) is 9.96. The van der Waals surface area contributed by atoms with Crippen LogP contribution in [0, 0.1) is 0 Å². The topological polar surface area (TPSA) is 48.0 Å². The number of nitrogens with zero attached hydrogens (tertiary/aromatic N) is 2. The number of aryl methyl sites for hydroxylation is 1. The van der Waals surface area contributed by atoms with Gasteiger partial charge in [0.15, 0.2) is 0 Å². The van der Waals surface area contributed by atoms with Crippen LogP contribution in [0.1, 0.15) is 6.92 Å².